The molecule has 0 saturated heterocycles. The van der Waals surface area contributed by atoms with E-state index in [9.17, 15) is 24.6 Å². The number of carboxylic acid groups (broad SMARTS) is 2. The molecular formula is C20H23ClN2O5. The molecule has 0 aromatic heterocycles. The third-order valence-electron chi connectivity index (χ3n) is 4.52. The molecule has 0 saturated carbocycles. The average molecular weight is 407 g/mol. The number of urea groups is 1. The van der Waals surface area contributed by atoms with Crippen LogP contribution in [0.5, 0.6) is 0 Å². The van der Waals surface area contributed by atoms with Gasteiger partial charge in [0.25, 0.3) is 0 Å². The summed E-state index contributed by atoms with van der Waals surface area (Å²) in [5.41, 5.74) is 2.88. The van der Waals surface area contributed by atoms with Crippen molar-refractivity contribution in [3.05, 3.63) is 47.0 Å². The van der Waals surface area contributed by atoms with E-state index in [2.05, 4.69) is 11.2 Å². The lowest BCUT2D eigenvalue weighted by Gasteiger charge is -2.38. The van der Waals surface area contributed by atoms with Crippen LogP contribution in [0, 0.1) is 17.8 Å². The number of terminal acetylenes is 1. The first-order chi connectivity index (χ1) is 13.0. The van der Waals surface area contributed by atoms with Crippen LogP contribution in [0.2, 0.25) is 5.02 Å². The smallest absolute Gasteiger partial charge is 0.314 e. The van der Waals surface area contributed by atoms with Crippen LogP contribution < -0.4 is 11.1 Å². The zero-order chi connectivity index (χ0) is 21.5. The Hall–Kier alpha value is -2.98. The van der Waals surface area contributed by atoms with Gasteiger partial charge in [0.05, 0.1) is 16.9 Å². The van der Waals surface area contributed by atoms with Gasteiger partial charge in [0.2, 0.25) is 0 Å². The molecule has 150 valence electrons. The quantitative estimate of drug-likeness (QED) is 0.451. The summed E-state index contributed by atoms with van der Waals surface area (Å²) >= 11 is 5.83. The van der Waals surface area contributed by atoms with Crippen LogP contribution in [0.15, 0.2) is 36.4 Å². The molecule has 1 aromatic rings. The van der Waals surface area contributed by atoms with Gasteiger partial charge in [-0.25, -0.2) is 4.79 Å². The van der Waals surface area contributed by atoms with Gasteiger partial charge in [-0.15, -0.1) is 6.42 Å². The van der Waals surface area contributed by atoms with E-state index in [-0.39, 0.29) is 18.9 Å². The molecule has 0 spiro atoms. The molecule has 0 fully saturated rings. The zero-order valence-electron chi connectivity index (χ0n) is 15.6. The van der Waals surface area contributed by atoms with E-state index >= 15 is 0 Å². The number of nitrogens with one attached hydrogen (secondary N) is 1. The molecule has 0 heterocycles. The summed E-state index contributed by atoms with van der Waals surface area (Å²) in [5.74, 6) is 0.247. The highest BCUT2D eigenvalue weighted by molar-refractivity contribution is 6.30. The lowest BCUT2D eigenvalue weighted by molar-refractivity contribution is -0.151. The number of amides is 2. The van der Waals surface area contributed by atoms with Gasteiger partial charge >= 0.3 is 18.0 Å². The fraction of sp³-hybridized carbons (Fsp3) is 0.350. The minimum Gasteiger partial charge on any atom is -0.481 e. The SMILES string of the molecule is C#CC(C)NC(N)=O.CC1(C(=O)O)C=CCC(C(=O)O)(c2ccc(Cl)cc2)C1. The van der Waals surface area contributed by atoms with Crippen molar-refractivity contribution in [2.45, 2.75) is 38.1 Å². The van der Waals surface area contributed by atoms with Crippen LogP contribution in [0.1, 0.15) is 32.3 Å². The van der Waals surface area contributed by atoms with E-state index in [0.29, 0.717) is 10.6 Å². The van der Waals surface area contributed by atoms with E-state index in [1.807, 2.05) is 0 Å². The Morgan fingerprint density at radius 3 is 2.21 bits per heavy atom. The molecule has 0 bridgehead atoms. The first-order valence-corrected chi connectivity index (χ1v) is 8.77. The Bertz CT molecular complexity index is 815. The number of primary amides is 1. The van der Waals surface area contributed by atoms with Gasteiger partial charge < -0.3 is 21.3 Å². The van der Waals surface area contributed by atoms with Gasteiger partial charge in [-0.3, -0.25) is 9.59 Å². The Labute approximate surface area is 168 Å². The molecule has 7 nitrogen and oxygen atoms in total. The topological polar surface area (TPSA) is 130 Å². The molecule has 8 heteroatoms. The largest absolute Gasteiger partial charge is 0.481 e. The van der Waals surface area contributed by atoms with E-state index in [0.717, 1.165) is 0 Å². The number of hydrogen-bond donors (Lipinski definition) is 4. The Morgan fingerprint density at radius 1 is 1.25 bits per heavy atom. The molecule has 3 atom stereocenters. The fourth-order valence-electron chi connectivity index (χ4n) is 2.96. The van der Waals surface area contributed by atoms with Crippen LogP contribution in [0.25, 0.3) is 0 Å². The summed E-state index contributed by atoms with van der Waals surface area (Å²) in [6, 6.07) is 5.69. The maximum absolute atomic E-state index is 11.8. The monoisotopic (exact) mass is 406 g/mol. The minimum absolute atomic E-state index is 0.0167. The maximum atomic E-state index is 11.8. The van der Waals surface area contributed by atoms with Crippen molar-refractivity contribution in [3.63, 3.8) is 0 Å². The predicted molar refractivity (Wildman–Crippen MR) is 106 cm³/mol. The maximum Gasteiger partial charge on any atom is 0.314 e. The van der Waals surface area contributed by atoms with Gasteiger partial charge in [0.15, 0.2) is 0 Å². The number of carboxylic acids is 2. The van der Waals surface area contributed by atoms with Crippen molar-refractivity contribution in [2.75, 3.05) is 0 Å². The number of carbonyl (C=O) groups is 3. The van der Waals surface area contributed by atoms with Crippen molar-refractivity contribution in [3.8, 4) is 12.3 Å². The average Bonchev–Trinajstić information content (AvgIpc) is 2.62. The highest BCUT2D eigenvalue weighted by atomic mass is 35.5. The summed E-state index contributed by atoms with van der Waals surface area (Å²) in [7, 11) is 0. The third kappa shape index (κ3) is 5.51. The first kappa shape index (κ1) is 23.1. The number of nitrogens with two attached hydrogens (primary N) is 1. The van der Waals surface area contributed by atoms with Crippen LogP contribution in [0.4, 0.5) is 4.79 Å². The third-order valence-corrected chi connectivity index (χ3v) is 4.78. The summed E-state index contributed by atoms with van der Waals surface area (Å²) in [6.07, 6.45) is 8.40. The van der Waals surface area contributed by atoms with Crippen LogP contribution in [0.3, 0.4) is 0 Å². The van der Waals surface area contributed by atoms with E-state index in [1.54, 1.807) is 50.3 Å². The van der Waals surface area contributed by atoms with Crippen LogP contribution in [-0.4, -0.2) is 34.2 Å². The second kappa shape index (κ2) is 9.29. The molecular weight excluding hydrogens is 384 g/mol. The fourth-order valence-corrected chi connectivity index (χ4v) is 3.08. The van der Waals surface area contributed by atoms with Gasteiger partial charge in [0.1, 0.15) is 0 Å². The van der Waals surface area contributed by atoms with E-state index < -0.39 is 28.8 Å². The van der Waals surface area contributed by atoms with Crippen molar-refractivity contribution < 1.29 is 24.6 Å². The molecule has 5 N–H and O–H groups in total. The number of rotatable bonds is 4. The van der Waals surface area contributed by atoms with Crippen molar-refractivity contribution in [1.82, 2.24) is 5.32 Å². The standard InChI is InChI=1S/C15H15ClO4.C5H8N2O/c1-14(12(17)18)7-2-8-15(9-14,13(19)20)10-3-5-11(16)6-4-10;1-3-4(2)7-5(6)8/h2-7H,8-9H2,1H3,(H,17,18)(H,19,20);1,4H,2H3,(H3,6,7,8). The molecule has 1 aliphatic rings. The summed E-state index contributed by atoms with van der Waals surface area (Å²) in [6.45, 7) is 3.21. The lowest BCUT2D eigenvalue weighted by atomic mass is 9.63. The molecule has 1 aliphatic carbocycles. The molecule has 2 amide bonds. The highest BCUT2D eigenvalue weighted by Gasteiger charge is 2.49. The van der Waals surface area contributed by atoms with Crippen molar-refractivity contribution >= 4 is 29.6 Å². The minimum atomic E-state index is -1.23. The van der Waals surface area contributed by atoms with Gasteiger partial charge in [-0.05, 0) is 44.4 Å². The van der Waals surface area contributed by atoms with E-state index in [4.69, 9.17) is 23.8 Å². The Balaban J connectivity index is 0.000000416. The lowest BCUT2D eigenvalue weighted by Crippen LogP contribution is -2.44. The van der Waals surface area contributed by atoms with Crippen molar-refractivity contribution in [1.29, 1.82) is 0 Å². The summed E-state index contributed by atoms with van der Waals surface area (Å²) < 4.78 is 0. The number of benzene rings is 1. The Kier molecular flexibility index (Phi) is 7.65. The molecule has 3 unspecified atom stereocenters. The number of carbonyl (C=O) groups excluding carboxylic acids is 1. The summed E-state index contributed by atoms with van der Waals surface area (Å²) in [4.78, 5) is 33.2. The van der Waals surface area contributed by atoms with Gasteiger partial charge in [-0.1, -0.05) is 41.8 Å². The number of allylic oxidation sites excluding steroid dienone is 1. The van der Waals surface area contributed by atoms with Gasteiger partial charge in [-0.2, -0.15) is 0 Å². The highest BCUT2D eigenvalue weighted by Crippen LogP contribution is 2.45. The molecule has 0 aliphatic heterocycles. The second-order valence-electron chi connectivity index (χ2n) is 6.80. The summed E-state index contributed by atoms with van der Waals surface area (Å²) in [5, 5.41) is 21.8. The second-order valence-corrected chi connectivity index (χ2v) is 7.23. The molecule has 2 rings (SSSR count). The van der Waals surface area contributed by atoms with Crippen molar-refractivity contribution in [2.24, 2.45) is 11.1 Å². The number of aliphatic carboxylic acids is 2. The van der Waals surface area contributed by atoms with E-state index in [1.165, 1.54) is 0 Å². The zero-order valence-corrected chi connectivity index (χ0v) is 16.4. The molecule has 28 heavy (non-hydrogen) atoms. The first-order valence-electron chi connectivity index (χ1n) is 8.39. The molecule has 1 aromatic carbocycles. The number of hydrogen-bond acceptors (Lipinski definition) is 3. The number of halogens is 1. The predicted octanol–water partition coefficient (Wildman–Crippen LogP) is 2.78. The van der Waals surface area contributed by atoms with Crippen LogP contribution >= 0.6 is 11.6 Å². The van der Waals surface area contributed by atoms with Gasteiger partial charge in [0, 0.05) is 5.02 Å². The molecule has 0 radical (unpaired) electrons. The Morgan fingerprint density at radius 2 is 1.82 bits per heavy atom. The normalized spacial score (nSPS) is 24.1. The van der Waals surface area contributed by atoms with Crippen LogP contribution in [-0.2, 0) is 15.0 Å².